The lowest BCUT2D eigenvalue weighted by atomic mass is 10.4. The van der Waals surface area contributed by atoms with E-state index in [1.54, 1.807) is 6.92 Å². The molecule has 0 unspecified atom stereocenters. The van der Waals surface area contributed by atoms with Gasteiger partial charge in [0.25, 0.3) is 0 Å². The molecule has 0 atom stereocenters. The smallest absolute Gasteiger partial charge is 0.360 e. The lowest BCUT2D eigenvalue weighted by molar-refractivity contribution is -0.136. The van der Waals surface area contributed by atoms with E-state index >= 15 is 0 Å². The number of ether oxygens (including phenoxy) is 1. The number of methoxy groups -OCH3 is 1. The predicted octanol–water partition coefficient (Wildman–Crippen LogP) is 0.0785. The second-order valence-corrected chi connectivity index (χ2v) is 1.77. The van der Waals surface area contributed by atoms with Gasteiger partial charge in [-0.3, -0.25) is 4.99 Å². The van der Waals surface area contributed by atoms with E-state index in [-0.39, 0.29) is 11.5 Å². The molecule has 0 spiro atoms. The fourth-order valence-electron chi connectivity index (χ4n) is 0.547. The fourth-order valence-corrected chi connectivity index (χ4v) is 0.547. The van der Waals surface area contributed by atoms with Crippen molar-refractivity contribution in [1.82, 2.24) is 0 Å². The van der Waals surface area contributed by atoms with Crippen molar-refractivity contribution in [3.8, 4) is 0 Å². The second-order valence-electron chi connectivity index (χ2n) is 1.77. The molecule has 0 saturated heterocycles. The van der Waals surface area contributed by atoms with Crippen molar-refractivity contribution in [2.75, 3.05) is 7.11 Å². The van der Waals surface area contributed by atoms with E-state index < -0.39 is 5.97 Å². The third-order valence-electron chi connectivity index (χ3n) is 1.05. The molecule has 0 radical (unpaired) electrons. The molecule has 0 fully saturated rings. The van der Waals surface area contributed by atoms with Crippen LogP contribution >= 0.6 is 0 Å². The number of rotatable bonds is 3. The fraction of sp³-hybridized carbons (Fsp3) is 0.286. The number of aliphatic imine (C=N–C) groups is 2. The van der Waals surface area contributed by atoms with Gasteiger partial charge in [0.15, 0.2) is 11.5 Å². The van der Waals surface area contributed by atoms with Crippen LogP contribution in [0, 0.1) is 0 Å². The molecule has 66 valence electrons. The minimum Gasteiger partial charge on any atom is -0.464 e. The van der Waals surface area contributed by atoms with Crippen LogP contribution in [0.5, 0.6) is 0 Å². The number of hydrogen-bond acceptors (Lipinski definition) is 5. The van der Waals surface area contributed by atoms with Crippen LogP contribution in [0.3, 0.4) is 0 Å². The highest BCUT2D eigenvalue weighted by molar-refractivity contribution is 5.89. The first kappa shape index (κ1) is 10.3. The third-order valence-corrected chi connectivity index (χ3v) is 1.05. The van der Waals surface area contributed by atoms with E-state index in [2.05, 4.69) is 21.4 Å². The summed E-state index contributed by atoms with van der Waals surface area (Å²) in [7, 11) is 1.23. The van der Waals surface area contributed by atoms with Crippen LogP contribution < -0.4 is 5.73 Å². The maximum absolute atomic E-state index is 10.9. The van der Waals surface area contributed by atoms with Crippen molar-refractivity contribution in [2.24, 2.45) is 15.7 Å². The third kappa shape index (κ3) is 2.53. The van der Waals surface area contributed by atoms with Gasteiger partial charge in [0.2, 0.25) is 0 Å². The Hall–Kier alpha value is -1.65. The highest BCUT2D eigenvalue weighted by Crippen LogP contribution is 2.03. The van der Waals surface area contributed by atoms with Crippen LogP contribution in [-0.4, -0.2) is 26.0 Å². The van der Waals surface area contributed by atoms with Crippen molar-refractivity contribution in [3.63, 3.8) is 0 Å². The van der Waals surface area contributed by atoms with Crippen LogP contribution in [0.2, 0.25) is 0 Å². The zero-order chi connectivity index (χ0) is 9.56. The summed E-state index contributed by atoms with van der Waals surface area (Å²) in [5.74, 6) is -0.646. The molecule has 0 aliphatic rings. The van der Waals surface area contributed by atoms with Gasteiger partial charge >= 0.3 is 5.97 Å². The molecule has 0 aliphatic heterocycles. The molecule has 0 aromatic heterocycles. The number of nitrogens with zero attached hydrogens (tertiary/aromatic N) is 2. The molecule has 0 heterocycles. The molecule has 0 saturated carbocycles. The molecule has 12 heavy (non-hydrogen) atoms. The van der Waals surface area contributed by atoms with Gasteiger partial charge in [-0.25, -0.2) is 9.79 Å². The highest BCUT2D eigenvalue weighted by atomic mass is 16.5. The van der Waals surface area contributed by atoms with E-state index in [9.17, 15) is 4.79 Å². The van der Waals surface area contributed by atoms with Crippen LogP contribution in [0.15, 0.2) is 21.5 Å². The summed E-state index contributed by atoms with van der Waals surface area (Å²) < 4.78 is 4.39. The highest BCUT2D eigenvalue weighted by Gasteiger charge is 2.10. The number of nitrogens with two attached hydrogens (primary N) is 1. The zero-order valence-electron chi connectivity index (χ0n) is 7.07. The average molecular weight is 169 g/mol. The molecule has 0 aromatic carbocycles. The minimum absolute atomic E-state index is 0.000602. The van der Waals surface area contributed by atoms with Crippen molar-refractivity contribution in [3.05, 3.63) is 11.5 Å². The Balaban J connectivity index is 4.85. The average Bonchev–Trinajstić information content (AvgIpc) is 2.06. The first-order valence-electron chi connectivity index (χ1n) is 3.20. The number of esters is 1. The SMILES string of the molecule is C=N/C(C(=O)OC)=C(N)\N=C/C. The van der Waals surface area contributed by atoms with Gasteiger partial charge in [-0.1, -0.05) is 0 Å². The lowest BCUT2D eigenvalue weighted by Gasteiger charge is -1.99. The van der Waals surface area contributed by atoms with Gasteiger partial charge in [-0.2, -0.15) is 0 Å². The Bertz CT molecular complexity index is 243. The normalized spacial score (nSPS) is 12.5. The first-order valence-corrected chi connectivity index (χ1v) is 3.20. The summed E-state index contributed by atoms with van der Waals surface area (Å²) >= 11 is 0. The summed E-state index contributed by atoms with van der Waals surface area (Å²) in [6, 6.07) is 0. The Morgan fingerprint density at radius 1 is 1.67 bits per heavy atom. The summed E-state index contributed by atoms with van der Waals surface area (Å²) in [5, 5.41) is 0. The molecule has 0 bridgehead atoms. The molecular weight excluding hydrogens is 158 g/mol. The van der Waals surface area contributed by atoms with Crippen molar-refractivity contribution < 1.29 is 9.53 Å². The molecule has 0 aromatic rings. The van der Waals surface area contributed by atoms with Crippen LogP contribution in [0.1, 0.15) is 6.92 Å². The number of carbonyl (C=O) groups is 1. The quantitative estimate of drug-likeness (QED) is 0.369. The predicted molar refractivity (Wildman–Crippen MR) is 46.9 cm³/mol. The van der Waals surface area contributed by atoms with E-state index in [4.69, 9.17) is 5.73 Å². The molecule has 0 rings (SSSR count). The van der Waals surface area contributed by atoms with Gasteiger partial charge in [0.1, 0.15) is 0 Å². The second kappa shape index (κ2) is 5.06. The largest absolute Gasteiger partial charge is 0.464 e. The first-order chi connectivity index (χ1) is 5.67. The van der Waals surface area contributed by atoms with Gasteiger partial charge in [0, 0.05) is 6.21 Å². The van der Waals surface area contributed by atoms with E-state index in [1.807, 2.05) is 0 Å². The van der Waals surface area contributed by atoms with Crippen molar-refractivity contribution in [1.29, 1.82) is 0 Å². The van der Waals surface area contributed by atoms with E-state index in [1.165, 1.54) is 13.3 Å². The van der Waals surface area contributed by atoms with E-state index in [0.717, 1.165) is 0 Å². The molecule has 2 N–H and O–H groups in total. The molecular formula is C7H11N3O2. The van der Waals surface area contributed by atoms with Crippen LogP contribution in [0.4, 0.5) is 0 Å². The van der Waals surface area contributed by atoms with Gasteiger partial charge < -0.3 is 10.5 Å². The molecule has 0 aliphatic carbocycles. The lowest BCUT2D eigenvalue weighted by Crippen LogP contribution is -2.09. The van der Waals surface area contributed by atoms with Gasteiger partial charge in [-0.05, 0) is 13.6 Å². The Kier molecular flexibility index (Phi) is 4.36. The number of carbonyl (C=O) groups excluding carboxylic acids is 1. The zero-order valence-corrected chi connectivity index (χ0v) is 7.07. The van der Waals surface area contributed by atoms with E-state index in [0.29, 0.717) is 0 Å². The molecule has 5 heteroatoms. The minimum atomic E-state index is -0.645. The Labute approximate surface area is 70.6 Å². The summed E-state index contributed by atoms with van der Waals surface area (Å²) in [6.45, 7) is 4.84. The van der Waals surface area contributed by atoms with Gasteiger partial charge in [0.05, 0.1) is 7.11 Å². The standard InChI is InChI=1S/C7H11N3O2/c1-4-10-6(8)5(9-2)7(11)12-3/h4H,2,8H2,1,3H3/b6-5-,10-4-. The van der Waals surface area contributed by atoms with Gasteiger partial charge in [-0.15, -0.1) is 0 Å². The Morgan fingerprint density at radius 3 is 2.58 bits per heavy atom. The molecule has 5 nitrogen and oxygen atoms in total. The number of hydrogen-bond donors (Lipinski definition) is 1. The molecule has 0 amide bonds. The van der Waals surface area contributed by atoms with Crippen LogP contribution in [-0.2, 0) is 9.53 Å². The maximum Gasteiger partial charge on any atom is 0.360 e. The summed E-state index contributed by atoms with van der Waals surface area (Å²) in [6.07, 6.45) is 1.45. The topological polar surface area (TPSA) is 77.0 Å². The van der Waals surface area contributed by atoms with Crippen molar-refractivity contribution >= 4 is 18.9 Å². The monoisotopic (exact) mass is 169 g/mol. The van der Waals surface area contributed by atoms with Crippen LogP contribution in [0.25, 0.3) is 0 Å². The van der Waals surface area contributed by atoms with Crippen molar-refractivity contribution in [2.45, 2.75) is 6.92 Å². The Morgan fingerprint density at radius 2 is 2.25 bits per heavy atom. The summed E-state index contributed by atoms with van der Waals surface area (Å²) in [4.78, 5) is 17.9. The summed E-state index contributed by atoms with van der Waals surface area (Å²) in [5.41, 5.74) is 5.29. The maximum atomic E-state index is 10.9.